The van der Waals surface area contributed by atoms with Gasteiger partial charge in [0.2, 0.25) is 11.8 Å². The second-order valence-corrected chi connectivity index (χ2v) is 13.0. The molecule has 10 nitrogen and oxygen atoms in total. The first-order valence-electron chi connectivity index (χ1n) is 14.7. The van der Waals surface area contributed by atoms with Crippen molar-refractivity contribution in [2.45, 2.75) is 32.2 Å². The normalized spacial score (nSPS) is 13.7. The van der Waals surface area contributed by atoms with Crippen LogP contribution in [0.25, 0.3) is 11.1 Å². The van der Waals surface area contributed by atoms with Crippen LogP contribution in [0.5, 0.6) is 11.6 Å². The second-order valence-electron chi connectivity index (χ2n) is 11.0. The summed E-state index contributed by atoms with van der Waals surface area (Å²) in [5, 5.41) is 9.13. The molecule has 232 valence electrons. The Labute approximate surface area is 263 Å². The number of nitrogens with zero attached hydrogens (tertiary/aromatic N) is 5. The predicted molar refractivity (Wildman–Crippen MR) is 171 cm³/mol. The zero-order valence-corrected chi connectivity index (χ0v) is 26.6. The molecule has 3 aromatic carbocycles. The fraction of sp³-hybridized carbons (Fsp3) is 0.294. The number of rotatable bonds is 9. The largest absolute Gasteiger partial charge is 0.462 e. The third kappa shape index (κ3) is 7.48. The number of nitriles is 1. The molecule has 0 amide bonds. The van der Waals surface area contributed by atoms with Crippen LogP contribution in [0.1, 0.15) is 39.5 Å². The van der Waals surface area contributed by atoms with E-state index in [1.54, 1.807) is 31.2 Å². The summed E-state index contributed by atoms with van der Waals surface area (Å²) in [7, 11) is -3.23. The molecule has 4 aromatic rings. The van der Waals surface area contributed by atoms with Gasteiger partial charge in [-0.15, -0.1) is 0 Å². The highest BCUT2D eigenvalue weighted by molar-refractivity contribution is 7.90. The Morgan fingerprint density at radius 1 is 0.956 bits per heavy atom. The van der Waals surface area contributed by atoms with E-state index in [2.05, 4.69) is 20.9 Å². The fourth-order valence-electron chi connectivity index (χ4n) is 5.25. The van der Waals surface area contributed by atoms with Crippen molar-refractivity contribution in [3.05, 3.63) is 94.7 Å². The molecule has 0 aliphatic carbocycles. The number of esters is 1. The molecule has 1 aliphatic rings. The summed E-state index contributed by atoms with van der Waals surface area (Å²) >= 11 is 0. The fourth-order valence-corrected chi connectivity index (χ4v) is 5.88. The Hall–Kier alpha value is -4.79. The molecule has 0 atom stereocenters. The van der Waals surface area contributed by atoms with E-state index in [0.717, 1.165) is 40.9 Å². The number of hydrogen-bond donors (Lipinski definition) is 0. The van der Waals surface area contributed by atoms with Crippen LogP contribution in [0.15, 0.2) is 71.8 Å². The van der Waals surface area contributed by atoms with Crippen molar-refractivity contribution in [3.8, 4) is 28.8 Å². The van der Waals surface area contributed by atoms with Crippen molar-refractivity contribution in [3.63, 3.8) is 0 Å². The summed E-state index contributed by atoms with van der Waals surface area (Å²) in [5.41, 5.74) is 5.48. The van der Waals surface area contributed by atoms with Gasteiger partial charge in [0.05, 0.1) is 29.3 Å². The Morgan fingerprint density at radius 3 is 2.18 bits per heavy atom. The quantitative estimate of drug-likeness (QED) is 0.225. The van der Waals surface area contributed by atoms with E-state index < -0.39 is 15.8 Å². The average molecular weight is 626 g/mol. The summed E-state index contributed by atoms with van der Waals surface area (Å²) in [5.74, 6) is 0.619. The van der Waals surface area contributed by atoms with Gasteiger partial charge >= 0.3 is 5.97 Å². The molecule has 2 heterocycles. The highest BCUT2D eigenvalue weighted by Crippen LogP contribution is 2.35. The SMILES string of the molecule is CCOC(=O)c1cnc(N2CCN(Cc3ccc(S(C)(=O)=O)cc3)CC2)nc1Oc1c(C)cc(-c2ccc(C#N)cc2)cc1C. The van der Waals surface area contributed by atoms with E-state index >= 15 is 0 Å². The number of anilines is 1. The minimum absolute atomic E-state index is 0.129. The van der Waals surface area contributed by atoms with Crippen LogP contribution in [0.4, 0.5) is 5.95 Å². The maximum Gasteiger partial charge on any atom is 0.345 e. The van der Waals surface area contributed by atoms with E-state index in [9.17, 15) is 13.2 Å². The smallest absolute Gasteiger partial charge is 0.345 e. The first kappa shape index (κ1) is 31.6. The van der Waals surface area contributed by atoms with Gasteiger partial charge in [-0.05, 0) is 85.0 Å². The van der Waals surface area contributed by atoms with Gasteiger partial charge < -0.3 is 14.4 Å². The van der Waals surface area contributed by atoms with Crippen LogP contribution in [0.3, 0.4) is 0 Å². The van der Waals surface area contributed by atoms with Crippen LogP contribution in [-0.4, -0.2) is 68.3 Å². The molecule has 1 fully saturated rings. The summed E-state index contributed by atoms with van der Waals surface area (Å²) in [6.45, 7) is 9.36. The maximum absolute atomic E-state index is 12.8. The maximum atomic E-state index is 12.8. The molecule has 5 rings (SSSR count). The summed E-state index contributed by atoms with van der Waals surface area (Å²) < 4.78 is 35.2. The van der Waals surface area contributed by atoms with Gasteiger partial charge in [0.25, 0.3) is 0 Å². The third-order valence-electron chi connectivity index (χ3n) is 7.66. The molecule has 0 saturated carbocycles. The molecule has 45 heavy (non-hydrogen) atoms. The zero-order valence-electron chi connectivity index (χ0n) is 25.8. The van der Waals surface area contributed by atoms with E-state index in [1.165, 1.54) is 12.5 Å². The number of piperazine rings is 1. The lowest BCUT2D eigenvalue weighted by Gasteiger charge is -2.34. The molecule has 0 N–H and O–H groups in total. The Balaban J connectivity index is 1.34. The minimum Gasteiger partial charge on any atom is -0.462 e. The van der Waals surface area contributed by atoms with Crippen molar-refractivity contribution in [1.82, 2.24) is 14.9 Å². The number of hydrogen-bond acceptors (Lipinski definition) is 10. The Bertz CT molecular complexity index is 1820. The van der Waals surface area contributed by atoms with Gasteiger partial charge in [-0.1, -0.05) is 24.3 Å². The summed E-state index contributed by atoms with van der Waals surface area (Å²) in [6.07, 6.45) is 2.66. The van der Waals surface area contributed by atoms with E-state index in [4.69, 9.17) is 19.7 Å². The summed E-state index contributed by atoms with van der Waals surface area (Å²) in [4.78, 5) is 26.7. The van der Waals surface area contributed by atoms with Crippen LogP contribution >= 0.6 is 0 Å². The number of ether oxygens (including phenoxy) is 2. The standard InChI is InChI=1S/C34H35N5O5S/c1-5-43-33(40)30-21-36-34(39-16-14-38(15-17-39)22-26-8-12-29(13-9-26)45(4,41)42)37-32(30)44-31-23(2)18-28(19-24(31)3)27-10-6-25(20-35)7-11-27/h6-13,18-19,21H,5,14-17,22H2,1-4H3. The molecule has 1 saturated heterocycles. The van der Waals surface area contributed by atoms with Crippen LogP contribution < -0.4 is 9.64 Å². The number of carbonyl (C=O) groups excluding carboxylic acids is 1. The molecule has 1 aliphatic heterocycles. The van der Waals surface area contributed by atoms with Gasteiger partial charge in [-0.3, -0.25) is 4.90 Å². The predicted octanol–water partition coefficient (Wildman–Crippen LogP) is 5.33. The lowest BCUT2D eigenvalue weighted by molar-refractivity contribution is 0.0522. The monoisotopic (exact) mass is 625 g/mol. The number of benzene rings is 3. The molecule has 0 radical (unpaired) electrons. The van der Waals surface area contributed by atoms with Gasteiger partial charge in [0.1, 0.15) is 11.3 Å². The van der Waals surface area contributed by atoms with Crippen molar-refractivity contribution in [1.29, 1.82) is 5.26 Å². The molecule has 11 heteroatoms. The Morgan fingerprint density at radius 2 is 1.60 bits per heavy atom. The molecule has 0 unspecified atom stereocenters. The first-order chi connectivity index (χ1) is 21.5. The topological polar surface area (TPSA) is 126 Å². The highest BCUT2D eigenvalue weighted by atomic mass is 32.2. The number of carbonyl (C=O) groups is 1. The molecular weight excluding hydrogens is 590 g/mol. The van der Waals surface area contributed by atoms with Gasteiger partial charge in [-0.25, -0.2) is 18.2 Å². The summed E-state index contributed by atoms with van der Waals surface area (Å²) in [6, 6.07) is 20.5. The molecule has 0 bridgehead atoms. The molecular formula is C34H35N5O5S. The van der Waals surface area contributed by atoms with Crippen molar-refractivity contribution in [2.75, 3.05) is 43.9 Å². The average Bonchev–Trinajstić information content (AvgIpc) is 3.03. The lowest BCUT2D eigenvalue weighted by atomic mass is 9.99. The minimum atomic E-state index is -3.23. The van der Waals surface area contributed by atoms with Gasteiger partial charge in [0.15, 0.2) is 9.84 Å². The van der Waals surface area contributed by atoms with Crippen LogP contribution in [0.2, 0.25) is 0 Å². The molecule has 1 aromatic heterocycles. The van der Waals surface area contributed by atoms with E-state index in [1.807, 2.05) is 50.2 Å². The number of aryl methyl sites for hydroxylation is 2. The zero-order chi connectivity index (χ0) is 32.1. The van der Waals surface area contributed by atoms with Crippen molar-refractivity contribution in [2.24, 2.45) is 0 Å². The van der Waals surface area contributed by atoms with Crippen LogP contribution in [0, 0.1) is 25.2 Å². The second kappa shape index (κ2) is 13.5. The van der Waals surface area contributed by atoms with Gasteiger partial charge in [0, 0.05) is 39.0 Å². The number of aromatic nitrogens is 2. The van der Waals surface area contributed by atoms with E-state index in [0.29, 0.717) is 41.8 Å². The Kier molecular flexibility index (Phi) is 9.46. The third-order valence-corrected chi connectivity index (χ3v) is 8.78. The van der Waals surface area contributed by atoms with Crippen molar-refractivity contribution >= 4 is 21.8 Å². The van der Waals surface area contributed by atoms with Crippen molar-refractivity contribution < 1.29 is 22.7 Å². The lowest BCUT2D eigenvalue weighted by Crippen LogP contribution is -2.46. The first-order valence-corrected chi connectivity index (χ1v) is 16.5. The van der Waals surface area contributed by atoms with Gasteiger partial charge in [-0.2, -0.15) is 10.2 Å². The van der Waals surface area contributed by atoms with Crippen LogP contribution in [-0.2, 0) is 21.1 Å². The van der Waals surface area contributed by atoms with E-state index in [-0.39, 0.29) is 18.1 Å². The molecule has 0 spiro atoms. The highest BCUT2D eigenvalue weighted by Gasteiger charge is 2.24. The number of sulfone groups is 1.